The molecule has 0 aliphatic heterocycles. The van der Waals surface area contributed by atoms with Crippen LogP contribution in [0.3, 0.4) is 0 Å². The Morgan fingerprint density at radius 3 is 1.19 bits per heavy atom. The molecule has 0 aliphatic rings. The van der Waals surface area contributed by atoms with E-state index in [0.29, 0.717) is 9.80 Å². The quantitative estimate of drug-likeness (QED) is 0.124. The Kier molecular flexibility index (Phi) is 12.1. The lowest BCUT2D eigenvalue weighted by molar-refractivity contribution is -0.0906. The van der Waals surface area contributed by atoms with Crippen LogP contribution >= 0.6 is 0 Å². The first-order chi connectivity index (χ1) is 15.2. The summed E-state index contributed by atoms with van der Waals surface area (Å²) in [4.78, 5) is 34.4. The van der Waals surface area contributed by atoms with Gasteiger partial charge >= 0.3 is 0 Å². The van der Waals surface area contributed by atoms with Crippen molar-refractivity contribution in [2.24, 2.45) is 0 Å². The Balaban J connectivity index is 3.28. The van der Waals surface area contributed by atoms with Gasteiger partial charge in [-0.25, -0.2) is 4.98 Å². The van der Waals surface area contributed by atoms with E-state index in [9.17, 15) is 30.0 Å². The van der Waals surface area contributed by atoms with Crippen LogP contribution in [-0.2, 0) is 0 Å². The molecule has 32 heavy (non-hydrogen) atoms. The highest BCUT2D eigenvalue weighted by Crippen LogP contribution is 2.16. The maximum Gasteiger partial charge on any atom is 0.278 e. The number of hydrogen-bond donors (Lipinski definition) is 8. The van der Waals surface area contributed by atoms with Crippen molar-refractivity contribution in [2.45, 2.75) is 50.6 Å². The molecule has 1 aromatic heterocycles. The van der Waals surface area contributed by atoms with Crippen LogP contribution < -0.4 is 0 Å². The Bertz CT molecular complexity index is 646. The van der Waals surface area contributed by atoms with Gasteiger partial charge in [0.2, 0.25) is 0 Å². The van der Waals surface area contributed by atoms with Crippen LogP contribution in [0.25, 0.3) is 0 Å². The molecule has 2 amide bonds. The van der Waals surface area contributed by atoms with Gasteiger partial charge in [-0.3, -0.25) is 24.4 Å². The Labute approximate surface area is 183 Å². The van der Waals surface area contributed by atoms with Gasteiger partial charge in [0.05, 0.1) is 12.4 Å². The van der Waals surface area contributed by atoms with E-state index in [1.165, 1.54) is 0 Å². The number of aromatic nitrogens is 2. The van der Waals surface area contributed by atoms with E-state index in [4.69, 9.17) is 20.4 Å². The average Bonchev–Trinajstić information content (AvgIpc) is 2.74. The fourth-order valence-electron chi connectivity index (χ4n) is 2.79. The largest absolute Gasteiger partial charge is 0.396 e. The number of hydrogen-bond acceptors (Lipinski definition) is 12. The number of rotatable bonds is 14. The number of carbonyl (C=O) groups is 2. The van der Waals surface area contributed by atoms with Gasteiger partial charge in [0.25, 0.3) is 11.8 Å². The highest BCUT2D eigenvalue weighted by atomic mass is 16.3. The van der Waals surface area contributed by atoms with Crippen LogP contribution in [0.15, 0.2) is 12.4 Å². The van der Waals surface area contributed by atoms with Gasteiger partial charge in [-0.2, -0.15) is 0 Å². The first kappa shape index (κ1) is 27.7. The van der Waals surface area contributed by atoms with Crippen molar-refractivity contribution in [1.29, 1.82) is 0 Å². The van der Waals surface area contributed by atoms with Crippen LogP contribution in [-0.4, -0.2) is 124 Å². The topological polar surface area (TPSA) is 228 Å². The molecular formula is C18H30N4O10. The summed E-state index contributed by atoms with van der Waals surface area (Å²) < 4.78 is 0. The zero-order chi connectivity index (χ0) is 24.3. The first-order valence-electron chi connectivity index (χ1n) is 9.86. The van der Waals surface area contributed by atoms with Crippen LogP contribution in [0, 0.1) is 0 Å². The Hall–Kier alpha value is -2.30. The lowest BCUT2D eigenvalue weighted by Crippen LogP contribution is -2.49. The van der Waals surface area contributed by atoms with Crippen molar-refractivity contribution < 1.29 is 50.4 Å². The van der Waals surface area contributed by atoms with Crippen molar-refractivity contribution in [2.75, 3.05) is 26.4 Å². The number of aliphatic hydroxyl groups excluding tert-OH is 8. The molecule has 0 aliphatic carbocycles. The molecule has 0 spiro atoms. The Morgan fingerprint density at radius 1 is 0.656 bits per heavy atom. The van der Waals surface area contributed by atoms with Gasteiger partial charge in [-0.1, -0.05) is 0 Å². The van der Waals surface area contributed by atoms with E-state index >= 15 is 0 Å². The molecule has 8 N–H and O–H groups in total. The van der Waals surface area contributed by atoms with E-state index in [2.05, 4.69) is 9.97 Å². The number of aliphatic hydroxyl groups is 8. The molecule has 1 rings (SSSR count). The smallest absolute Gasteiger partial charge is 0.278 e. The second-order valence-corrected chi connectivity index (χ2v) is 6.69. The molecule has 4 unspecified atom stereocenters. The molecular weight excluding hydrogens is 432 g/mol. The minimum absolute atomic E-state index is 0.311. The molecule has 0 saturated carbocycles. The highest BCUT2D eigenvalue weighted by Gasteiger charge is 2.33. The second-order valence-electron chi connectivity index (χ2n) is 6.69. The maximum atomic E-state index is 12.8. The summed E-state index contributed by atoms with van der Waals surface area (Å²) in [6, 6.07) is 0. The minimum atomic E-state index is -1.63. The predicted octanol–water partition coefficient (Wildman–Crippen LogP) is -3.84. The third-order valence-corrected chi connectivity index (χ3v) is 4.38. The zero-order valence-electron chi connectivity index (χ0n) is 17.3. The van der Waals surface area contributed by atoms with E-state index in [0.717, 1.165) is 12.4 Å². The third kappa shape index (κ3) is 7.39. The van der Waals surface area contributed by atoms with Crippen molar-refractivity contribution >= 4 is 11.8 Å². The van der Waals surface area contributed by atoms with Gasteiger partial charge in [0, 0.05) is 52.1 Å². The average molecular weight is 462 g/mol. The molecule has 0 bridgehead atoms. The molecule has 0 aromatic carbocycles. The molecule has 0 radical (unpaired) electrons. The van der Waals surface area contributed by atoms with Gasteiger partial charge in [-0.15, -0.1) is 0 Å². The van der Waals surface area contributed by atoms with Crippen molar-refractivity contribution in [3.05, 3.63) is 23.8 Å². The molecule has 14 nitrogen and oxygen atoms in total. The molecule has 14 heteroatoms. The van der Waals surface area contributed by atoms with Crippen LogP contribution in [0.1, 0.15) is 46.7 Å². The van der Waals surface area contributed by atoms with Crippen LogP contribution in [0.5, 0.6) is 0 Å². The SMILES string of the molecule is O=C(c1cncc(C(=O)N(C(O)CCO)C(O)CCO)n1)N(C(O)CCO)C(O)CCO. The van der Waals surface area contributed by atoms with Gasteiger partial charge in [0.15, 0.2) is 0 Å². The van der Waals surface area contributed by atoms with Crippen molar-refractivity contribution in [3.63, 3.8) is 0 Å². The van der Waals surface area contributed by atoms with Crippen LogP contribution in [0.2, 0.25) is 0 Å². The maximum absolute atomic E-state index is 12.8. The summed E-state index contributed by atoms with van der Waals surface area (Å²) >= 11 is 0. The highest BCUT2D eigenvalue weighted by molar-refractivity contribution is 5.96. The lowest BCUT2D eigenvalue weighted by atomic mass is 10.2. The summed E-state index contributed by atoms with van der Waals surface area (Å²) in [5.41, 5.74) is -0.976. The summed E-state index contributed by atoms with van der Waals surface area (Å²) in [5.74, 6) is -2.13. The second kappa shape index (κ2) is 14.0. The summed E-state index contributed by atoms with van der Waals surface area (Å²) in [6.07, 6.45) is -5.89. The zero-order valence-corrected chi connectivity index (χ0v) is 17.3. The predicted molar refractivity (Wildman–Crippen MR) is 105 cm³/mol. The monoisotopic (exact) mass is 462 g/mol. The molecule has 1 heterocycles. The summed E-state index contributed by atoms with van der Waals surface area (Å²) in [6.45, 7) is -2.05. The summed E-state index contributed by atoms with van der Waals surface area (Å²) in [5, 5.41) is 76.7. The third-order valence-electron chi connectivity index (χ3n) is 4.38. The lowest BCUT2D eigenvalue weighted by Gasteiger charge is -2.32. The first-order valence-corrected chi connectivity index (χ1v) is 9.86. The van der Waals surface area contributed by atoms with Gasteiger partial charge < -0.3 is 40.9 Å². The number of amides is 2. The fourth-order valence-corrected chi connectivity index (χ4v) is 2.79. The van der Waals surface area contributed by atoms with Crippen molar-refractivity contribution in [1.82, 2.24) is 19.8 Å². The molecule has 0 fully saturated rings. The van der Waals surface area contributed by atoms with E-state index in [-0.39, 0.29) is 25.7 Å². The molecule has 182 valence electrons. The normalized spacial score (nSPS) is 15.0. The minimum Gasteiger partial charge on any atom is -0.396 e. The molecule has 4 atom stereocenters. The van der Waals surface area contributed by atoms with E-state index < -0.39 is 74.5 Å². The van der Waals surface area contributed by atoms with Crippen molar-refractivity contribution in [3.8, 4) is 0 Å². The van der Waals surface area contributed by atoms with Gasteiger partial charge in [0.1, 0.15) is 36.3 Å². The molecule has 1 aromatic rings. The fraction of sp³-hybridized carbons (Fsp3) is 0.667. The van der Waals surface area contributed by atoms with Crippen LogP contribution in [0.4, 0.5) is 0 Å². The van der Waals surface area contributed by atoms with E-state index in [1.54, 1.807) is 0 Å². The summed E-state index contributed by atoms with van der Waals surface area (Å²) in [7, 11) is 0. The van der Waals surface area contributed by atoms with Gasteiger partial charge in [-0.05, 0) is 0 Å². The number of carbonyl (C=O) groups excluding carboxylic acids is 2. The molecule has 0 saturated heterocycles. The number of nitrogens with zero attached hydrogens (tertiary/aromatic N) is 4. The standard InChI is InChI=1S/C18H30N4O10/c23-5-1-13(27)21(14(28)2-6-24)17(31)11-9-19-10-12(20-11)18(32)22(15(29)3-7-25)16(30)4-8-26/h9-10,13-16,23-30H,1-8H2. The Morgan fingerprint density at radius 2 is 0.938 bits per heavy atom. The van der Waals surface area contributed by atoms with E-state index in [1.807, 2.05) is 0 Å².